The van der Waals surface area contributed by atoms with E-state index >= 15 is 0 Å². The third-order valence-corrected chi connectivity index (χ3v) is 2.48. The highest BCUT2D eigenvalue weighted by molar-refractivity contribution is 6.39. The van der Waals surface area contributed by atoms with Gasteiger partial charge in [-0.05, 0) is 18.2 Å². The predicted octanol–water partition coefficient (Wildman–Crippen LogP) is 0.264. The minimum Gasteiger partial charge on any atom is -0.383 e. The zero-order chi connectivity index (χ0) is 13.7. The first-order valence-corrected chi connectivity index (χ1v) is 5.72. The summed E-state index contributed by atoms with van der Waals surface area (Å²) < 4.78 is 4.77. The molecule has 0 saturated carbocycles. The Kier molecular flexibility index (Phi) is 4.09. The number of hydrogen-bond acceptors (Lipinski definition) is 4. The van der Waals surface area contributed by atoms with Crippen LogP contribution in [0.3, 0.4) is 0 Å². The van der Waals surface area contributed by atoms with Crippen LogP contribution < -0.4 is 10.6 Å². The van der Waals surface area contributed by atoms with Gasteiger partial charge in [-0.25, -0.2) is 4.98 Å². The van der Waals surface area contributed by atoms with Crippen LogP contribution in [0, 0.1) is 0 Å². The van der Waals surface area contributed by atoms with Crippen LogP contribution in [0.4, 0.5) is 5.69 Å². The smallest absolute Gasteiger partial charge is 0.313 e. The number of aromatic amines is 1. The Balaban J connectivity index is 1.95. The van der Waals surface area contributed by atoms with E-state index in [2.05, 4.69) is 20.6 Å². The molecule has 0 saturated heterocycles. The number of anilines is 1. The van der Waals surface area contributed by atoms with E-state index in [-0.39, 0.29) is 0 Å². The van der Waals surface area contributed by atoms with Crippen molar-refractivity contribution in [2.45, 2.75) is 0 Å². The van der Waals surface area contributed by atoms with Crippen LogP contribution in [-0.4, -0.2) is 42.0 Å². The third-order valence-electron chi connectivity index (χ3n) is 2.48. The second-order valence-corrected chi connectivity index (χ2v) is 3.84. The Morgan fingerprint density at radius 1 is 1.37 bits per heavy atom. The second kappa shape index (κ2) is 5.96. The summed E-state index contributed by atoms with van der Waals surface area (Å²) in [5.41, 5.74) is 2.11. The lowest BCUT2D eigenvalue weighted by Crippen LogP contribution is -2.37. The average molecular weight is 262 g/mol. The fourth-order valence-corrected chi connectivity index (χ4v) is 1.55. The number of carbonyl (C=O) groups excluding carboxylic acids is 2. The quantitative estimate of drug-likeness (QED) is 0.544. The minimum absolute atomic E-state index is 0.294. The lowest BCUT2D eigenvalue weighted by Gasteiger charge is -2.06. The van der Waals surface area contributed by atoms with Gasteiger partial charge in [-0.15, -0.1) is 0 Å². The van der Waals surface area contributed by atoms with Crippen molar-refractivity contribution in [1.29, 1.82) is 0 Å². The summed E-state index contributed by atoms with van der Waals surface area (Å²) in [6, 6.07) is 5.15. The SMILES string of the molecule is COCCNC(=O)C(=O)Nc1ccc2nc[nH]c2c1. The summed E-state index contributed by atoms with van der Waals surface area (Å²) in [4.78, 5) is 30.0. The first kappa shape index (κ1) is 13.0. The molecule has 0 spiro atoms. The van der Waals surface area contributed by atoms with Gasteiger partial charge < -0.3 is 20.4 Å². The Morgan fingerprint density at radius 2 is 2.21 bits per heavy atom. The van der Waals surface area contributed by atoms with Crippen molar-refractivity contribution >= 4 is 28.5 Å². The largest absolute Gasteiger partial charge is 0.383 e. The maximum Gasteiger partial charge on any atom is 0.313 e. The molecule has 0 aliphatic heterocycles. The molecule has 1 heterocycles. The normalized spacial score (nSPS) is 10.4. The number of nitrogens with zero attached hydrogens (tertiary/aromatic N) is 1. The molecule has 3 N–H and O–H groups in total. The Hall–Kier alpha value is -2.41. The topological polar surface area (TPSA) is 96.1 Å². The summed E-state index contributed by atoms with van der Waals surface area (Å²) in [6.45, 7) is 0.654. The van der Waals surface area contributed by atoms with Crippen LogP contribution in [-0.2, 0) is 14.3 Å². The average Bonchev–Trinajstić information content (AvgIpc) is 2.86. The zero-order valence-electron chi connectivity index (χ0n) is 10.4. The monoisotopic (exact) mass is 262 g/mol. The van der Waals surface area contributed by atoms with Crippen LogP contribution in [0.15, 0.2) is 24.5 Å². The molecule has 0 aliphatic carbocycles. The van der Waals surface area contributed by atoms with Crippen molar-refractivity contribution in [2.75, 3.05) is 25.6 Å². The summed E-state index contributed by atoms with van der Waals surface area (Å²) in [5.74, 6) is -1.41. The van der Waals surface area contributed by atoms with Crippen molar-refractivity contribution in [1.82, 2.24) is 15.3 Å². The number of methoxy groups -OCH3 is 1. The molecular weight excluding hydrogens is 248 g/mol. The van der Waals surface area contributed by atoms with E-state index in [0.717, 1.165) is 11.0 Å². The van der Waals surface area contributed by atoms with Crippen molar-refractivity contribution in [3.63, 3.8) is 0 Å². The van der Waals surface area contributed by atoms with E-state index in [1.54, 1.807) is 24.5 Å². The molecule has 0 unspecified atom stereocenters. The van der Waals surface area contributed by atoms with Gasteiger partial charge >= 0.3 is 11.8 Å². The maximum absolute atomic E-state index is 11.6. The predicted molar refractivity (Wildman–Crippen MR) is 69.6 cm³/mol. The highest BCUT2D eigenvalue weighted by Crippen LogP contribution is 2.15. The van der Waals surface area contributed by atoms with Crippen LogP contribution in [0.2, 0.25) is 0 Å². The lowest BCUT2D eigenvalue weighted by molar-refractivity contribution is -0.136. The number of nitrogens with one attached hydrogen (secondary N) is 3. The van der Waals surface area contributed by atoms with E-state index in [4.69, 9.17) is 4.74 Å². The molecule has 0 radical (unpaired) electrons. The number of fused-ring (bicyclic) bond motifs is 1. The molecule has 7 heteroatoms. The number of carbonyl (C=O) groups is 2. The Bertz CT molecular complexity index is 593. The van der Waals surface area contributed by atoms with Gasteiger partial charge in [0.05, 0.1) is 24.0 Å². The summed E-state index contributed by atoms with van der Waals surface area (Å²) in [7, 11) is 1.52. The van der Waals surface area contributed by atoms with E-state index in [9.17, 15) is 9.59 Å². The standard InChI is InChI=1S/C12H14N4O3/c1-19-5-4-13-11(17)12(18)16-8-2-3-9-10(6-8)15-7-14-9/h2-3,6-7H,4-5H2,1H3,(H,13,17)(H,14,15)(H,16,18). The molecule has 7 nitrogen and oxygen atoms in total. The summed E-state index contributed by atoms with van der Waals surface area (Å²) in [5, 5.41) is 4.95. The molecule has 0 bridgehead atoms. The first-order valence-electron chi connectivity index (χ1n) is 5.72. The van der Waals surface area contributed by atoms with Gasteiger partial charge in [0.25, 0.3) is 0 Å². The van der Waals surface area contributed by atoms with Crippen molar-refractivity contribution in [2.24, 2.45) is 0 Å². The Morgan fingerprint density at radius 3 is 3.00 bits per heavy atom. The fourth-order valence-electron chi connectivity index (χ4n) is 1.55. The Labute approximate surface area is 109 Å². The van der Waals surface area contributed by atoms with Crippen LogP contribution in [0.1, 0.15) is 0 Å². The maximum atomic E-state index is 11.6. The highest BCUT2D eigenvalue weighted by Gasteiger charge is 2.13. The van der Waals surface area contributed by atoms with Gasteiger partial charge in [0.2, 0.25) is 0 Å². The third kappa shape index (κ3) is 3.29. The number of benzene rings is 1. The fraction of sp³-hybridized carbons (Fsp3) is 0.250. The van der Waals surface area contributed by atoms with Gasteiger partial charge in [-0.3, -0.25) is 9.59 Å². The zero-order valence-corrected chi connectivity index (χ0v) is 10.4. The van der Waals surface area contributed by atoms with E-state index < -0.39 is 11.8 Å². The summed E-state index contributed by atoms with van der Waals surface area (Å²) in [6.07, 6.45) is 1.56. The minimum atomic E-state index is -0.713. The van der Waals surface area contributed by atoms with Crippen LogP contribution >= 0.6 is 0 Å². The van der Waals surface area contributed by atoms with Gasteiger partial charge in [0, 0.05) is 19.3 Å². The number of H-pyrrole nitrogens is 1. The van der Waals surface area contributed by atoms with Gasteiger partial charge in [-0.1, -0.05) is 0 Å². The molecule has 2 aromatic rings. The molecule has 0 fully saturated rings. The summed E-state index contributed by atoms with van der Waals surface area (Å²) >= 11 is 0. The highest BCUT2D eigenvalue weighted by atomic mass is 16.5. The molecular formula is C12H14N4O3. The van der Waals surface area contributed by atoms with E-state index in [1.807, 2.05) is 0 Å². The molecule has 1 aromatic carbocycles. The molecule has 2 amide bonds. The molecule has 1 aromatic heterocycles. The van der Waals surface area contributed by atoms with E-state index in [0.29, 0.717) is 18.8 Å². The number of ether oxygens (including phenoxy) is 1. The number of amides is 2. The van der Waals surface area contributed by atoms with Crippen LogP contribution in [0.25, 0.3) is 11.0 Å². The van der Waals surface area contributed by atoms with Crippen molar-refractivity contribution in [3.8, 4) is 0 Å². The molecule has 0 aliphatic rings. The molecule has 2 rings (SSSR count). The van der Waals surface area contributed by atoms with Crippen molar-refractivity contribution < 1.29 is 14.3 Å². The number of rotatable bonds is 4. The second-order valence-electron chi connectivity index (χ2n) is 3.84. The van der Waals surface area contributed by atoms with E-state index in [1.165, 1.54) is 7.11 Å². The van der Waals surface area contributed by atoms with Gasteiger partial charge in [0.15, 0.2) is 0 Å². The van der Waals surface area contributed by atoms with Crippen molar-refractivity contribution in [3.05, 3.63) is 24.5 Å². The molecule has 19 heavy (non-hydrogen) atoms. The van der Waals surface area contributed by atoms with Gasteiger partial charge in [0.1, 0.15) is 0 Å². The number of imidazole rings is 1. The number of aromatic nitrogens is 2. The first-order chi connectivity index (χ1) is 9.20. The lowest BCUT2D eigenvalue weighted by atomic mass is 10.2. The molecule has 0 atom stereocenters. The van der Waals surface area contributed by atoms with Gasteiger partial charge in [-0.2, -0.15) is 0 Å². The number of hydrogen-bond donors (Lipinski definition) is 3. The molecule has 100 valence electrons. The van der Waals surface area contributed by atoms with Crippen LogP contribution in [0.5, 0.6) is 0 Å².